The third kappa shape index (κ3) is 2.62. The predicted octanol–water partition coefficient (Wildman–Crippen LogP) is 2.39. The fourth-order valence-corrected chi connectivity index (χ4v) is 2.69. The maximum absolute atomic E-state index is 9.52. The van der Waals surface area contributed by atoms with Gasteiger partial charge in [0, 0.05) is 29.2 Å². The summed E-state index contributed by atoms with van der Waals surface area (Å²) in [5, 5.41) is 23.1. The van der Waals surface area contributed by atoms with Crippen LogP contribution in [0.25, 0.3) is 10.8 Å². The minimum Gasteiger partial charge on any atom is -0.393 e. The summed E-state index contributed by atoms with van der Waals surface area (Å²) in [4.78, 5) is 4.11. The molecule has 0 aliphatic heterocycles. The third-order valence-corrected chi connectivity index (χ3v) is 3.85. The Hall–Kier alpha value is -1.46. The molecule has 0 atom stereocenters. The summed E-state index contributed by atoms with van der Waals surface area (Å²) >= 11 is 6.03. The minimum absolute atomic E-state index is 0.159. The molecule has 19 heavy (non-hydrogen) atoms. The topological polar surface area (TPSA) is 70.9 Å². The molecule has 0 amide bonds. The summed E-state index contributed by atoms with van der Waals surface area (Å²) in [5.41, 5.74) is 0. The SMILES string of the molecule is O[C@H]1CC[C@@H](Nc2nnc(Cl)c3ccncc23)CC1. The third-order valence-electron chi connectivity index (χ3n) is 3.57. The number of nitrogens with one attached hydrogen (secondary N) is 1. The van der Waals surface area contributed by atoms with Crippen molar-refractivity contribution in [1.82, 2.24) is 15.2 Å². The van der Waals surface area contributed by atoms with Crippen LogP contribution in [0.3, 0.4) is 0 Å². The van der Waals surface area contributed by atoms with Gasteiger partial charge in [0.15, 0.2) is 11.0 Å². The lowest BCUT2D eigenvalue weighted by molar-refractivity contribution is 0.126. The fourth-order valence-electron chi connectivity index (χ4n) is 2.48. The molecule has 3 rings (SSSR count). The molecule has 100 valence electrons. The second-order valence-corrected chi connectivity index (χ2v) is 5.27. The van der Waals surface area contributed by atoms with Crippen molar-refractivity contribution >= 4 is 28.2 Å². The Labute approximate surface area is 116 Å². The molecule has 5 nitrogen and oxygen atoms in total. The normalized spacial score (nSPS) is 23.5. The number of fused-ring (bicyclic) bond motifs is 1. The van der Waals surface area contributed by atoms with Crippen LogP contribution in [0.2, 0.25) is 5.15 Å². The van der Waals surface area contributed by atoms with Gasteiger partial charge < -0.3 is 10.4 Å². The summed E-state index contributed by atoms with van der Waals surface area (Å²) < 4.78 is 0. The van der Waals surface area contributed by atoms with Gasteiger partial charge in [-0.2, -0.15) is 0 Å². The second kappa shape index (κ2) is 5.27. The van der Waals surface area contributed by atoms with Crippen LogP contribution in [-0.4, -0.2) is 32.4 Å². The van der Waals surface area contributed by atoms with Gasteiger partial charge >= 0.3 is 0 Å². The van der Waals surface area contributed by atoms with Crippen molar-refractivity contribution in [2.45, 2.75) is 37.8 Å². The summed E-state index contributed by atoms with van der Waals surface area (Å²) in [6.07, 6.45) is 6.81. The van der Waals surface area contributed by atoms with Crippen molar-refractivity contribution < 1.29 is 5.11 Å². The average Bonchev–Trinajstić information content (AvgIpc) is 2.45. The van der Waals surface area contributed by atoms with E-state index >= 15 is 0 Å². The number of halogens is 1. The van der Waals surface area contributed by atoms with E-state index in [-0.39, 0.29) is 6.10 Å². The summed E-state index contributed by atoms with van der Waals surface area (Å²) in [7, 11) is 0. The Balaban J connectivity index is 1.87. The molecule has 1 aliphatic carbocycles. The highest BCUT2D eigenvalue weighted by Gasteiger charge is 2.20. The monoisotopic (exact) mass is 278 g/mol. The Morgan fingerprint density at radius 1 is 1.16 bits per heavy atom. The van der Waals surface area contributed by atoms with E-state index in [4.69, 9.17) is 11.6 Å². The van der Waals surface area contributed by atoms with E-state index in [1.165, 1.54) is 0 Å². The zero-order valence-corrected chi connectivity index (χ0v) is 11.1. The van der Waals surface area contributed by atoms with E-state index in [0.29, 0.717) is 17.0 Å². The molecule has 2 aromatic heterocycles. The van der Waals surface area contributed by atoms with Crippen LogP contribution >= 0.6 is 11.6 Å². The zero-order valence-electron chi connectivity index (χ0n) is 10.4. The predicted molar refractivity (Wildman–Crippen MR) is 74.2 cm³/mol. The Bertz CT molecular complexity index is 584. The minimum atomic E-state index is -0.159. The lowest BCUT2D eigenvalue weighted by atomic mass is 9.93. The molecule has 0 spiro atoms. The number of anilines is 1. The number of nitrogens with zero attached hydrogens (tertiary/aromatic N) is 3. The van der Waals surface area contributed by atoms with E-state index in [9.17, 15) is 5.11 Å². The summed E-state index contributed by atoms with van der Waals surface area (Å²) in [6, 6.07) is 2.16. The van der Waals surface area contributed by atoms with E-state index < -0.39 is 0 Å². The van der Waals surface area contributed by atoms with Gasteiger partial charge in [-0.3, -0.25) is 4.98 Å². The van der Waals surface area contributed by atoms with E-state index in [1.807, 2.05) is 6.07 Å². The Morgan fingerprint density at radius 2 is 1.95 bits per heavy atom. The van der Waals surface area contributed by atoms with Gasteiger partial charge in [0.1, 0.15) is 0 Å². The van der Waals surface area contributed by atoms with Crippen LogP contribution in [0.1, 0.15) is 25.7 Å². The molecule has 0 aromatic carbocycles. The Kier molecular flexibility index (Phi) is 3.48. The number of pyridine rings is 1. The van der Waals surface area contributed by atoms with Crippen LogP contribution in [0.5, 0.6) is 0 Å². The first-order valence-electron chi connectivity index (χ1n) is 6.44. The van der Waals surface area contributed by atoms with Gasteiger partial charge in [0.2, 0.25) is 0 Å². The Morgan fingerprint density at radius 3 is 2.74 bits per heavy atom. The molecular formula is C13H15ClN4O. The highest BCUT2D eigenvalue weighted by molar-refractivity contribution is 6.34. The lowest BCUT2D eigenvalue weighted by Crippen LogP contribution is -2.28. The highest BCUT2D eigenvalue weighted by atomic mass is 35.5. The van der Waals surface area contributed by atoms with Crippen molar-refractivity contribution in [3.05, 3.63) is 23.6 Å². The standard InChI is InChI=1S/C13H15ClN4O/c14-12-10-5-6-15-7-11(10)13(18-17-12)16-8-1-3-9(19)4-2-8/h5-9,19H,1-4H2,(H,16,18)/t8-,9+. The van der Waals surface area contributed by atoms with Crippen molar-refractivity contribution in [3.63, 3.8) is 0 Å². The molecular weight excluding hydrogens is 264 g/mol. The molecule has 1 fully saturated rings. The molecule has 6 heteroatoms. The maximum Gasteiger partial charge on any atom is 0.159 e. The maximum atomic E-state index is 9.52. The van der Waals surface area contributed by atoms with E-state index in [0.717, 1.165) is 36.5 Å². The fraction of sp³-hybridized carbons (Fsp3) is 0.462. The zero-order chi connectivity index (χ0) is 13.2. The van der Waals surface area contributed by atoms with Gasteiger partial charge in [0.05, 0.1) is 6.10 Å². The molecule has 2 N–H and O–H groups in total. The summed E-state index contributed by atoms with van der Waals surface area (Å²) in [6.45, 7) is 0. The number of aromatic nitrogens is 3. The quantitative estimate of drug-likeness (QED) is 0.883. The smallest absolute Gasteiger partial charge is 0.159 e. The first-order valence-corrected chi connectivity index (χ1v) is 6.82. The molecule has 0 saturated heterocycles. The summed E-state index contributed by atoms with van der Waals surface area (Å²) in [5.74, 6) is 0.717. The second-order valence-electron chi connectivity index (χ2n) is 4.91. The van der Waals surface area contributed by atoms with Crippen molar-refractivity contribution in [2.75, 3.05) is 5.32 Å². The van der Waals surface area contributed by atoms with Crippen LogP contribution in [0.15, 0.2) is 18.5 Å². The molecule has 0 unspecified atom stereocenters. The van der Waals surface area contributed by atoms with Gasteiger partial charge in [-0.1, -0.05) is 11.6 Å². The van der Waals surface area contributed by atoms with Gasteiger partial charge in [-0.25, -0.2) is 0 Å². The number of hydrogen-bond donors (Lipinski definition) is 2. The molecule has 0 radical (unpaired) electrons. The largest absolute Gasteiger partial charge is 0.393 e. The van der Waals surface area contributed by atoms with Crippen LogP contribution in [0, 0.1) is 0 Å². The van der Waals surface area contributed by atoms with Gasteiger partial charge in [0.25, 0.3) is 0 Å². The number of aliphatic hydroxyl groups excluding tert-OH is 1. The van der Waals surface area contributed by atoms with Crippen LogP contribution in [0.4, 0.5) is 5.82 Å². The van der Waals surface area contributed by atoms with E-state index in [2.05, 4.69) is 20.5 Å². The van der Waals surface area contributed by atoms with Crippen LogP contribution in [-0.2, 0) is 0 Å². The van der Waals surface area contributed by atoms with Gasteiger partial charge in [-0.15, -0.1) is 10.2 Å². The van der Waals surface area contributed by atoms with Crippen molar-refractivity contribution in [3.8, 4) is 0 Å². The molecule has 1 saturated carbocycles. The molecule has 0 bridgehead atoms. The van der Waals surface area contributed by atoms with Crippen LogP contribution < -0.4 is 5.32 Å². The molecule has 2 aromatic rings. The molecule has 1 aliphatic rings. The number of hydrogen-bond acceptors (Lipinski definition) is 5. The first-order chi connectivity index (χ1) is 9.24. The first kappa shape index (κ1) is 12.6. The molecule has 2 heterocycles. The number of rotatable bonds is 2. The highest BCUT2D eigenvalue weighted by Crippen LogP contribution is 2.27. The van der Waals surface area contributed by atoms with Gasteiger partial charge in [-0.05, 0) is 31.7 Å². The van der Waals surface area contributed by atoms with E-state index in [1.54, 1.807) is 12.4 Å². The van der Waals surface area contributed by atoms with Crippen molar-refractivity contribution in [1.29, 1.82) is 0 Å². The average molecular weight is 279 g/mol. The lowest BCUT2D eigenvalue weighted by Gasteiger charge is -2.26. The number of aliphatic hydroxyl groups is 1. The van der Waals surface area contributed by atoms with Crippen molar-refractivity contribution in [2.24, 2.45) is 0 Å².